The molecule has 0 aliphatic carbocycles. The molecule has 0 aromatic heterocycles. The van der Waals surface area contributed by atoms with Crippen molar-refractivity contribution in [3.05, 3.63) is 94.5 Å². The van der Waals surface area contributed by atoms with E-state index < -0.39 is 28.2 Å². The monoisotopic (exact) mass is 543 g/mol. The summed E-state index contributed by atoms with van der Waals surface area (Å²) in [5.74, 6) is -1.01. The van der Waals surface area contributed by atoms with Crippen LogP contribution in [0.25, 0.3) is 0 Å². The van der Waals surface area contributed by atoms with Gasteiger partial charge in [0.1, 0.15) is 0 Å². The summed E-state index contributed by atoms with van der Waals surface area (Å²) in [6, 6.07) is 18.8. The summed E-state index contributed by atoms with van der Waals surface area (Å²) < 4.78 is 37.0. The Hall–Kier alpha value is -3.57. The number of nitrogens with one attached hydrogen (secondary N) is 1. The Morgan fingerprint density at radius 1 is 0.816 bits per heavy atom. The molecule has 204 valence electrons. The standard InChI is InChI=1S/C27H29NO5.CH4O3S/c1-17(2)28-16-23(29)22-13-14-24(32-26(30)20-9-5-18(3)6-10-20)25(15-22)33-27(31)21-11-7-19(4)8-12-21;1-5(2,3)4/h5-15,17,23,28-29H,16H2,1-4H3;1H3,(H,2,3,4). The largest absolute Gasteiger partial charge is 0.419 e. The molecule has 0 saturated carbocycles. The Balaban J connectivity index is 0.000000926. The van der Waals surface area contributed by atoms with E-state index in [9.17, 15) is 23.1 Å². The van der Waals surface area contributed by atoms with Crippen molar-refractivity contribution in [2.45, 2.75) is 39.8 Å². The average Bonchev–Trinajstić information content (AvgIpc) is 2.83. The van der Waals surface area contributed by atoms with Crippen LogP contribution >= 0.6 is 0 Å². The van der Waals surface area contributed by atoms with Crippen molar-refractivity contribution in [3.8, 4) is 11.5 Å². The van der Waals surface area contributed by atoms with Crippen LogP contribution in [0.4, 0.5) is 0 Å². The van der Waals surface area contributed by atoms with Gasteiger partial charge < -0.3 is 19.9 Å². The molecule has 0 saturated heterocycles. The molecule has 0 amide bonds. The number of aliphatic hydroxyl groups is 1. The maximum Gasteiger partial charge on any atom is 0.343 e. The number of aliphatic hydroxyl groups excluding tert-OH is 1. The number of hydrogen-bond acceptors (Lipinski definition) is 8. The van der Waals surface area contributed by atoms with Gasteiger partial charge in [0.25, 0.3) is 10.1 Å². The maximum atomic E-state index is 12.7. The molecule has 3 aromatic rings. The summed E-state index contributed by atoms with van der Waals surface area (Å²) in [7, 11) is -3.67. The normalized spacial score (nSPS) is 11.8. The summed E-state index contributed by atoms with van der Waals surface area (Å²) in [6.45, 7) is 8.14. The number of esters is 2. The van der Waals surface area contributed by atoms with Crippen molar-refractivity contribution in [1.82, 2.24) is 5.32 Å². The molecule has 1 unspecified atom stereocenters. The fraction of sp³-hybridized carbons (Fsp3) is 0.286. The quantitative estimate of drug-likeness (QED) is 0.216. The van der Waals surface area contributed by atoms with Crippen molar-refractivity contribution in [1.29, 1.82) is 0 Å². The minimum atomic E-state index is -3.67. The number of carbonyl (C=O) groups excluding carboxylic acids is 2. The molecule has 3 rings (SSSR count). The lowest BCUT2D eigenvalue weighted by Gasteiger charge is -2.17. The van der Waals surface area contributed by atoms with E-state index in [4.69, 9.17) is 14.0 Å². The van der Waals surface area contributed by atoms with Gasteiger partial charge in [-0.25, -0.2) is 9.59 Å². The molecule has 0 fully saturated rings. The Kier molecular flexibility index (Phi) is 11.2. The number of ether oxygens (including phenoxy) is 2. The fourth-order valence-corrected chi connectivity index (χ4v) is 3.06. The van der Waals surface area contributed by atoms with Gasteiger partial charge in [0.15, 0.2) is 11.5 Å². The second-order valence-corrected chi connectivity index (χ2v) is 10.5. The van der Waals surface area contributed by atoms with Crippen molar-refractivity contribution in [2.75, 3.05) is 12.8 Å². The smallest absolute Gasteiger partial charge is 0.343 e. The SMILES string of the molecule is CS(=O)(=O)O.Cc1ccc(C(=O)Oc2ccc(C(O)CNC(C)C)cc2OC(=O)c2ccc(C)cc2)cc1. The molecule has 0 aliphatic rings. The Morgan fingerprint density at radius 3 is 1.66 bits per heavy atom. The molecule has 38 heavy (non-hydrogen) atoms. The zero-order valence-corrected chi connectivity index (χ0v) is 22.8. The predicted octanol–water partition coefficient (Wildman–Crippen LogP) is 4.28. The maximum absolute atomic E-state index is 12.7. The lowest BCUT2D eigenvalue weighted by atomic mass is 10.1. The number of hydrogen-bond donors (Lipinski definition) is 3. The highest BCUT2D eigenvalue weighted by molar-refractivity contribution is 7.85. The Labute approximate surface area is 223 Å². The van der Waals surface area contributed by atoms with E-state index in [1.807, 2.05) is 52.0 Å². The topological polar surface area (TPSA) is 139 Å². The minimum Gasteiger partial charge on any atom is -0.419 e. The van der Waals surface area contributed by atoms with Gasteiger partial charge in [-0.05, 0) is 55.8 Å². The highest BCUT2D eigenvalue weighted by Gasteiger charge is 2.19. The second kappa shape index (κ2) is 13.8. The molecule has 9 nitrogen and oxygen atoms in total. The average molecular weight is 544 g/mol. The molecular formula is C28H33NO8S. The molecule has 0 radical (unpaired) electrons. The van der Waals surface area contributed by atoms with Gasteiger partial charge in [0.05, 0.1) is 23.5 Å². The van der Waals surface area contributed by atoms with Crippen LogP contribution in [0.5, 0.6) is 11.5 Å². The van der Waals surface area contributed by atoms with Crippen LogP contribution in [0.2, 0.25) is 0 Å². The lowest BCUT2D eigenvalue weighted by molar-refractivity contribution is 0.0681. The summed E-state index contributed by atoms with van der Waals surface area (Å²) in [4.78, 5) is 25.4. The van der Waals surface area contributed by atoms with Crippen molar-refractivity contribution < 1.29 is 37.1 Å². The van der Waals surface area contributed by atoms with Gasteiger partial charge in [0.2, 0.25) is 0 Å². The number of rotatable bonds is 8. The van der Waals surface area contributed by atoms with Crippen LogP contribution in [-0.2, 0) is 10.1 Å². The second-order valence-electron chi connectivity index (χ2n) is 9.03. The Morgan fingerprint density at radius 2 is 1.24 bits per heavy atom. The van der Waals surface area contributed by atoms with Crippen LogP contribution in [0, 0.1) is 13.8 Å². The molecule has 0 heterocycles. The van der Waals surface area contributed by atoms with Gasteiger partial charge >= 0.3 is 11.9 Å². The van der Waals surface area contributed by atoms with Gasteiger partial charge in [-0.1, -0.05) is 55.3 Å². The third-order valence-electron chi connectivity index (χ3n) is 5.05. The first kappa shape index (κ1) is 30.7. The van der Waals surface area contributed by atoms with Crippen molar-refractivity contribution in [2.24, 2.45) is 0 Å². The van der Waals surface area contributed by atoms with Crippen LogP contribution in [-0.4, -0.2) is 48.9 Å². The minimum absolute atomic E-state index is 0.0575. The van der Waals surface area contributed by atoms with E-state index in [2.05, 4.69) is 5.32 Å². The van der Waals surface area contributed by atoms with Crippen molar-refractivity contribution >= 4 is 22.1 Å². The number of benzene rings is 3. The van der Waals surface area contributed by atoms with Gasteiger partial charge in [-0.2, -0.15) is 8.42 Å². The first-order valence-electron chi connectivity index (χ1n) is 11.8. The van der Waals surface area contributed by atoms with Gasteiger partial charge in [0, 0.05) is 12.6 Å². The predicted molar refractivity (Wildman–Crippen MR) is 144 cm³/mol. The molecule has 3 aromatic carbocycles. The molecule has 3 N–H and O–H groups in total. The first-order chi connectivity index (χ1) is 17.7. The molecule has 0 spiro atoms. The summed E-state index contributed by atoms with van der Waals surface area (Å²) >= 11 is 0. The zero-order valence-electron chi connectivity index (χ0n) is 22.0. The van der Waals surface area contributed by atoms with Crippen LogP contribution in [0.3, 0.4) is 0 Å². The molecule has 0 aliphatic heterocycles. The fourth-order valence-electron chi connectivity index (χ4n) is 3.06. The van der Waals surface area contributed by atoms with Crippen LogP contribution in [0.1, 0.15) is 57.4 Å². The zero-order chi connectivity index (χ0) is 28.5. The summed E-state index contributed by atoms with van der Waals surface area (Å²) in [5, 5.41) is 13.7. The van der Waals surface area contributed by atoms with Gasteiger partial charge in [-0.3, -0.25) is 4.55 Å². The van der Waals surface area contributed by atoms with E-state index in [-0.39, 0.29) is 17.5 Å². The van der Waals surface area contributed by atoms with Gasteiger partial charge in [-0.15, -0.1) is 0 Å². The lowest BCUT2D eigenvalue weighted by Crippen LogP contribution is -2.27. The summed E-state index contributed by atoms with van der Waals surface area (Å²) in [5.41, 5.74) is 3.31. The Bertz CT molecular complexity index is 1330. The molecule has 1 atom stereocenters. The van der Waals surface area contributed by atoms with Crippen molar-refractivity contribution in [3.63, 3.8) is 0 Å². The molecular weight excluding hydrogens is 510 g/mol. The molecule has 0 bridgehead atoms. The van der Waals surface area contributed by atoms with E-state index >= 15 is 0 Å². The highest BCUT2D eigenvalue weighted by Crippen LogP contribution is 2.32. The van der Waals surface area contributed by atoms with E-state index in [0.29, 0.717) is 29.5 Å². The highest BCUT2D eigenvalue weighted by atomic mass is 32.2. The van der Waals surface area contributed by atoms with Crippen LogP contribution in [0.15, 0.2) is 66.7 Å². The van der Waals surface area contributed by atoms with Crippen LogP contribution < -0.4 is 14.8 Å². The third-order valence-corrected chi connectivity index (χ3v) is 5.05. The van der Waals surface area contributed by atoms with E-state index in [0.717, 1.165) is 11.1 Å². The summed E-state index contributed by atoms with van der Waals surface area (Å²) in [6.07, 6.45) is -0.112. The van der Waals surface area contributed by atoms with E-state index in [1.54, 1.807) is 30.3 Å². The number of aryl methyl sites for hydroxylation is 2. The van der Waals surface area contributed by atoms with E-state index in [1.165, 1.54) is 12.1 Å². The number of carbonyl (C=O) groups is 2. The first-order valence-corrected chi connectivity index (χ1v) is 13.6. The molecule has 10 heteroatoms. The third kappa shape index (κ3) is 10.8.